The van der Waals surface area contributed by atoms with Crippen LogP contribution in [0.25, 0.3) is 6.08 Å². The molecule has 2 aliphatic heterocycles. The van der Waals surface area contributed by atoms with E-state index in [1.165, 1.54) is 11.8 Å². The summed E-state index contributed by atoms with van der Waals surface area (Å²) in [5.41, 5.74) is 0. The molecule has 4 nitrogen and oxygen atoms in total. The molecule has 0 spiro atoms. The SMILES string of the molecule is Cc1ccc(/C=C2\SC(=S)N(C[C@H]3CCCO3)C2=O)o1. The molecule has 0 aliphatic carbocycles. The number of hydrogen-bond acceptors (Lipinski definition) is 5. The van der Waals surface area contributed by atoms with E-state index in [-0.39, 0.29) is 12.0 Å². The molecule has 1 aromatic heterocycles. The van der Waals surface area contributed by atoms with Crippen LogP contribution >= 0.6 is 24.0 Å². The van der Waals surface area contributed by atoms with Crippen LogP contribution in [0.4, 0.5) is 0 Å². The average molecular weight is 309 g/mol. The first-order valence-corrected chi connectivity index (χ1v) is 7.79. The van der Waals surface area contributed by atoms with Crippen molar-refractivity contribution in [1.82, 2.24) is 4.90 Å². The fourth-order valence-corrected chi connectivity index (χ4v) is 3.56. The van der Waals surface area contributed by atoms with Crippen LogP contribution in [0.15, 0.2) is 21.5 Å². The summed E-state index contributed by atoms with van der Waals surface area (Å²) < 4.78 is 11.6. The Morgan fingerprint density at radius 1 is 1.55 bits per heavy atom. The fourth-order valence-electron chi connectivity index (χ4n) is 2.31. The Balaban J connectivity index is 1.74. The number of nitrogens with zero attached hydrogens (tertiary/aromatic N) is 1. The standard InChI is InChI=1S/C14H15NO3S2/c1-9-4-5-10(18-9)7-12-13(16)15(14(19)20-12)8-11-3-2-6-17-11/h4-5,7,11H,2-3,6,8H2,1H3/b12-7-/t11-/m1/s1. The largest absolute Gasteiger partial charge is 0.462 e. The van der Waals surface area contributed by atoms with Crippen LogP contribution in [0, 0.1) is 6.92 Å². The molecule has 0 aromatic carbocycles. The summed E-state index contributed by atoms with van der Waals surface area (Å²) in [4.78, 5) is 14.6. The lowest BCUT2D eigenvalue weighted by atomic mass is 10.2. The van der Waals surface area contributed by atoms with Gasteiger partial charge in [0.15, 0.2) is 0 Å². The molecule has 2 aliphatic rings. The van der Waals surface area contributed by atoms with Crippen molar-refractivity contribution in [3.8, 4) is 0 Å². The van der Waals surface area contributed by atoms with Crippen molar-refractivity contribution < 1.29 is 13.9 Å². The smallest absolute Gasteiger partial charge is 0.266 e. The quantitative estimate of drug-likeness (QED) is 0.634. The minimum atomic E-state index is -0.0513. The van der Waals surface area contributed by atoms with Crippen molar-refractivity contribution in [2.45, 2.75) is 25.9 Å². The molecule has 3 heterocycles. The Labute approximate surface area is 127 Å². The highest BCUT2D eigenvalue weighted by Gasteiger charge is 2.34. The predicted molar refractivity (Wildman–Crippen MR) is 82.3 cm³/mol. The first-order chi connectivity index (χ1) is 9.63. The van der Waals surface area contributed by atoms with Crippen LogP contribution in [0.2, 0.25) is 0 Å². The first kappa shape index (κ1) is 13.9. The molecule has 0 N–H and O–H groups in total. The molecule has 2 saturated heterocycles. The second-order valence-electron chi connectivity index (χ2n) is 4.88. The van der Waals surface area contributed by atoms with E-state index in [0.717, 1.165) is 25.2 Å². The number of furan rings is 1. The van der Waals surface area contributed by atoms with E-state index in [1.54, 1.807) is 11.0 Å². The van der Waals surface area contributed by atoms with Crippen molar-refractivity contribution >= 4 is 40.3 Å². The van der Waals surface area contributed by atoms with Gasteiger partial charge in [-0.3, -0.25) is 9.69 Å². The minimum Gasteiger partial charge on any atom is -0.462 e. The normalized spacial score (nSPS) is 25.1. The van der Waals surface area contributed by atoms with Crippen LogP contribution < -0.4 is 0 Å². The Hall–Kier alpha value is -1.11. The van der Waals surface area contributed by atoms with E-state index in [1.807, 2.05) is 19.1 Å². The summed E-state index contributed by atoms with van der Waals surface area (Å²) >= 11 is 6.61. The van der Waals surface area contributed by atoms with Gasteiger partial charge in [-0.25, -0.2) is 0 Å². The van der Waals surface area contributed by atoms with Gasteiger partial charge in [-0.05, 0) is 31.9 Å². The Morgan fingerprint density at radius 3 is 3.05 bits per heavy atom. The molecule has 0 saturated carbocycles. The highest BCUT2D eigenvalue weighted by molar-refractivity contribution is 8.26. The number of amides is 1. The molecule has 2 fully saturated rings. The van der Waals surface area contributed by atoms with Gasteiger partial charge in [0.05, 0.1) is 17.6 Å². The van der Waals surface area contributed by atoms with Gasteiger partial charge >= 0.3 is 0 Å². The van der Waals surface area contributed by atoms with E-state index in [4.69, 9.17) is 21.4 Å². The molecule has 6 heteroatoms. The molecule has 0 radical (unpaired) electrons. The van der Waals surface area contributed by atoms with E-state index in [9.17, 15) is 4.79 Å². The average Bonchev–Trinajstić information content (AvgIpc) is 3.10. The number of carbonyl (C=O) groups excluding carboxylic acids is 1. The molecule has 106 valence electrons. The maximum atomic E-state index is 12.4. The fraction of sp³-hybridized carbons (Fsp3) is 0.429. The van der Waals surface area contributed by atoms with Gasteiger partial charge in [0.25, 0.3) is 5.91 Å². The van der Waals surface area contributed by atoms with Crippen molar-refractivity contribution in [3.05, 3.63) is 28.6 Å². The van der Waals surface area contributed by atoms with Gasteiger partial charge in [-0.1, -0.05) is 24.0 Å². The molecule has 1 amide bonds. The summed E-state index contributed by atoms with van der Waals surface area (Å²) in [5.74, 6) is 1.45. The second kappa shape index (κ2) is 5.71. The van der Waals surface area contributed by atoms with Gasteiger partial charge in [-0.15, -0.1) is 0 Å². The maximum absolute atomic E-state index is 12.4. The molecular weight excluding hydrogens is 294 g/mol. The molecule has 3 rings (SSSR count). The van der Waals surface area contributed by atoms with Gasteiger partial charge < -0.3 is 9.15 Å². The van der Waals surface area contributed by atoms with Gasteiger partial charge in [-0.2, -0.15) is 0 Å². The number of ether oxygens (including phenoxy) is 1. The molecule has 20 heavy (non-hydrogen) atoms. The van der Waals surface area contributed by atoms with Crippen LogP contribution in [0.1, 0.15) is 24.4 Å². The van der Waals surface area contributed by atoms with E-state index >= 15 is 0 Å². The second-order valence-corrected chi connectivity index (χ2v) is 6.55. The van der Waals surface area contributed by atoms with Crippen LogP contribution in [-0.4, -0.2) is 34.4 Å². The van der Waals surface area contributed by atoms with Crippen molar-refractivity contribution in [3.63, 3.8) is 0 Å². The molecule has 1 aromatic rings. The zero-order chi connectivity index (χ0) is 14.1. The maximum Gasteiger partial charge on any atom is 0.266 e. The number of carbonyl (C=O) groups is 1. The minimum absolute atomic E-state index is 0.0513. The summed E-state index contributed by atoms with van der Waals surface area (Å²) in [6.07, 6.45) is 3.92. The predicted octanol–water partition coefficient (Wildman–Crippen LogP) is 2.97. The third kappa shape index (κ3) is 2.82. The summed E-state index contributed by atoms with van der Waals surface area (Å²) in [6, 6.07) is 3.72. The van der Waals surface area contributed by atoms with E-state index in [0.29, 0.717) is 21.5 Å². The van der Waals surface area contributed by atoms with Crippen LogP contribution in [-0.2, 0) is 9.53 Å². The summed E-state index contributed by atoms with van der Waals surface area (Å²) in [7, 11) is 0. The topological polar surface area (TPSA) is 42.7 Å². The summed E-state index contributed by atoms with van der Waals surface area (Å²) in [5, 5.41) is 0. The van der Waals surface area contributed by atoms with Crippen molar-refractivity contribution in [1.29, 1.82) is 0 Å². The highest BCUT2D eigenvalue weighted by Crippen LogP contribution is 2.33. The summed E-state index contributed by atoms with van der Waals surface area (Å²) in [6.45, 7) is 3.21. The lowest BCUT2D eigenvalue weighted by Crippen LogP contribution is -2.35. The molecule has 0 bridgehead atoms. The van der Waals surface area contributed by atoms with Crippen LogP contribution in [0.3, 0.4) is 0 Å². The Kier molecular flexibility index (Phi) is 3.96. The molecule has 1 atom stereocenters. The number of thiocarbonyl (C=S) groups is 1. The van der Waals surface area contributed by atoms with E-state index < -0.39 is 0 Å². The number of hydrogen-bond donors (Lipinski definition) is 0. The first-order valence-electron chi connectivity index (χ1n) is 6.57. The van der Waals surface area contributed by atoms with Gasteiger partial charge in [0, 0.05) is 12.7 Å². The molecular formula is C14H15NO3S2. The number of thioether (sulfide) groups is 1. The zero-order valence-corrected chi connectivity index (χ0v) is 12.8. The number of aryl methyl sites for hydroxylation is 1. The van der Waals surface area contributed by atoms with Crippen molar-refractivity contribution in [2.24, 2.45) is 0 Å². The number of rotatable bonds is 3. The van der Waals surface area contributed by atoms with Crippen molar-refractivity contribution in [2.75, 3.05) is 13.2 Å². The lowest BCUT2D eigenvalue weighted by molar-refractivity contribution is -0.123. The van der Waals surface area contributed by atoms with E-state index in [2.05, 4.69) is 0 Å². The monoisotopic (exact) mass is 309 g/mol. The third-order valence-electron chi connectivity index (χ3n) is 3.32. The highest BCUT2D eigenvalue weighted by atomic mass is 32.2. The van der Waals surface area contributed by atoms with Gasteiger partial charge in [0.2, 0.25) is 0 Å². The third-order valence-corrected chi connectivity index (χ3v) is 4.70. The Morgan fingerprint density at radius 2 is 2.40 bits per heavy atom. The molecule has 0 unspecified atom stereocenters. The Bertz CT molecular complexity index is 573. The van der Waals surface area contributed by atoms with Gasteiger partial charge in [0.1, 0.15) is 15.8 Å². The van der Waals surface area contributed by atoms with Crippen LogP contribution in [0.5, 0.6) is 0 Å². The lowest BCUT2D eigenvalue weighted by Gasteiger charge is -2.18. The zero-order valence-electron chi connectivity index (χ0n) is 11.1.